The van der Waals surface area contributed by atoms with Crippen LogP contribution in [0, 0.1) is 0 Å². The molecular formula is C19H19N3O4S. The van der Waals surface area contributed by atoms with Gasteiger partial charge in [-0.15, -0.1) is 11.3 Å². The average molecular weight is 385 g/mol. The molecule has 0 bridgehead atoms. The molecule has 1 N–H and O–H groups in total. The Hall–Kier alpha value is -3.00. The summed E-state index contributed by atoms with van der Waals surface area (Å²) in [6.07, 6.45) is 1.38. The van der Waals surface area contributed by atoms with E-state index in [2.05, 4.69) is 9.97 Å². The van der Waals surface area contributed by atoms with Crippen molar-refractivity contribution in [3.63, 3.8) is 0 Å². The van der Waals surface area contributed by atoms with Crippen molar-refractivity contribution in [2.24, 2.45) is 0 Å². The molecule has 0 fully saturated rings. The van der Waals surface area contributed by atoms with Gasteiger partial charge in [0.05, 0.1) is 11.8 Å². The third-order valence-electron chi connectivity index (χ3n) is 3.94. The van der Waals surface area contributed by atoms with E-state index in [1.807, 2.05) is 43.3 Å². The second-order valence-corrected chi connectivity index (χ2v) is 6.93. The number of nitrogens with zero attached hydrogens (tertiary/aromatic N) is 3. The molecule has 0 aliphatic rings. The number of hydrogen-bond acceptors (Lipinski definition) is 6. The van der Waals surface area contributed by atoms with Crippen molar-refractivity contribution in [3.8, 4) is 0 Å². The minimum atomic E-state index is -0.999. The molecule has 0 saturated heterocycles. The molecule has 1 amide bonds. The Morgan fingerprint density at radius 3 is 2.70 bits per heavy atom. The number of aliphatic carboxylic acids is 1. The minimum absolute atomic E-state index is 0.0353. The van der Waals surface area contributed by atoms with Gasteiger partial charge in [0, 0.05) is 11.4 Å². The number of carboxylic acid groups (broad SMARTS) is 1. The number of amides is 1. The Morgan fingerprint density at radius 1 is 1.22 bits per heavy atom. The van der Waals surface area contributed by atoms with Crippen molar-refractivity contribution >= 4 is 39.4 Å². The maximum atomic E-state index is 12.7. The van der Waals surface area contributed by atoms with Crippen LogP contribution in [-0.4, -0.2) is 33.7 Å². The second-order valence-electron chi connectivity index (χ2n) is 5.82. The molecule has 0 spiro atoms. The van der Waals surface area contributed by atoms with Gasteiger partial charge in [-0.3, -0.25) is 9.69 Å². The topological polar surface area (TPSA) is 92.6 Å². The summed E-state index contributed by atoms with van der Waals surface area (Å²) in [6, 6.07) is 11.2. The molecular weight excluding hydrogens is 366 g/mol. The molecule has 0 unspecified atom stereocenters. The van der Waals surface area contributed by atoms with Gasteiger partial charge in [0.2, 0.25) is 0 Å². The van der Waals surface area contributed by atoms with Gasteiger partial charge in [-0.25, -0.2) is 14.8 Å². The van der Waals surface area contributed by atoms with E-state index < -0.39 is 12.1 Å². The zero-order chi connectivity index (χ0) is 19.2. The van der Waals surface area contributed by atoms with Crippen LogP contribution >= 0.6 is 11.3 Å². The van der Waals surface area contributed by atoms with Crippen molar-refractivity contribution in [3.05, 3.63) is 53.2 Å². The van der Waals surface area contributed by atoms with Gasteiger partial charge in [0.1, 0.15) is 23.6 Å². The fraction of sp³-hybridized carbons (Fsp3) is 0.263. The van der Waals surface area contributed by atoms with E-state index in [4.69, 9.17) is 9.84 Å². The highest BCUT2D eigenvalue weighted by Gasteiger charge is 2.23. The molecule has 8 heteroatoms. The van der Waals surface area contributed by atoms with Gasteiger partial charge in [-0.05, 0) is 18.1 Å². The number of carbonyl (C=O) groups is 2. The average Bonchev–Trinajstić information content (AvgIpc) is 3.11. The summed E-state index contributed by atoms with van der Waals surface area (Å²) in [6.45, 7) is 2.10. The van der Waals surface area contributed by atoms with Crippen molar-refractivity contribution in [1.29, 1.82) is 0 Å². The predicted molar refractivity (Wildman–Crippen MR) is 103 cm³/mol. The van der Waals surface area contributed by atoms with Gasteiger partial charge in [-0.2, -0.15) is 0 Å². The number of aryl methyl sites for hydroxylation is 1. The van der Waals surface area contributed by atoms with Crippen LogP contribution in [-0.2, 0) is 22.6 Å². The van der Waals surface area contributed by atoms with Gasteiger partial charge >= 0.3 is 12.1 Å². The van der Waals surface area contributed by atoms with Crippen LogP contribution in [0.2, 0.25) is 0 Å². The molecule has 2 aromatic heterocycles. The van der Waals surface area contributed by atoms with Crippen molar-refractivity contribution in [2.75, 3.05) is 11.4 Å². The van der Waals surface area contributed by atoms with Gasteiger partial charge in [0.25, 0.3) is 0 Å². The fourth-order valence-corrected chi connectivity index (χ4v) is 3.50. The number of aromatic nitrogens is 2. The summed E-state index contributed by atoms with van der Waals surface area (Å²) in [5.41, 5.74) is 0.848. The lowest BCUT2D eigenvalue weighted by molar-refractivity contribution is -0.136. The Labute approximate surface area is 160 Å². The van der Waals surface area contributed by atoms with Crippen LogP contribution in [0.15, 0.2) is 42.7 Å². The van der Waals surface area contributed by atoms with E-state index in [1.165, 1.54) is 22.6 Å². The Balaban J connectivity index is 1.87. The number of carbonyl (C=O) groups excluding carboxylic acids is 1. The van der Waals surface area contributed by atoms with Crippen LogP contribution in [0.3, 0.4) is 0 Å². The first-order valence-electron chi connectivity index (χ1n) is 8.52. The van der Waals surface area contributed by atoms with E-state index >= 15 is 0 Å². The van der Waals surface area contributed by atoms with Crippen LogP contribution in [0.5, 0.6) is 0 Å². The highest BCUT2D eigenvalue weighted by molar-refractivity contribution is 7.18. The number of anilines is 1. The number of thiophene rings is 1. The lowest BCUT2D eigenvalue weighted by atomic mass is 10.2. The van der Waals surface area contributed by atoms with Gasteiger partial charge < -0.3 is 9.84 Å². The van der Waals surface area contributed by atoms with E-state index in [1.54, 1.807) is 0 Å². The highest BCUT2D eigenvalue weighted by Crippen LogP contribution is 2.31. The summed E-state index contributed by atoms with van der Waals surface area (Å²) in [5, 5.41) is 9.77. The molecule has 0 radical (unpaired) electrons. The summed E-state index contributed by atoms with van der Waals surface area (Å²) in [4.78, 5) is 35.4. The first kappa shape index (κ1) is 18.8. The first-order valence-corrected chi connectivity index (χ1v) is 9.33. The van der Waals surface area contributed by atoms with Crippen LogP contribution in [0.25, 0.3) is 10.2 Å². The fourth-order valence-electron chi connectivity index (χ4n) is 2.57. The zero-order valence-corrected chi connectivity index (χ0v) is 15.6. The SMILES string of the molecule is CCc1cc2c(N(CCC(=O)O)C(=O)OCc3ccccc3)ncnc2s1. The molecule has 3 aromatic rings. The van der Waals surface area contributed by atoms with E-state index in [9.17, 15) is 9.59 Å². The Kier molecular flexibility index (Phi) is 5.97. The Morgan fingerprint density at radius 2 is 2.00 bits per heavy atom. The lowest BCUT2D eigenvalue weighted by Crippen LogP contribution is -2.34. The maximum absolute atomic E-state index is 12.7. The monoisotopic (exact) mass is 385 g/mol. The van der Waals surface area contributed by atoms with Gasteiger partial charge in [-0.1, -0.05) is 37.3 Å². The standard InChI is InChI=1S/C19H19N3O4S/c1-2-14-10-15-17(20-12-21-18(15)27-14)22(9-8-16(23)24)19(25)26-11-13-6-4-3-5-7-13/h3-7,10,12H,2,8-9,11H2,1H3,(H,23,24). The van der Waals surface area contributed by atoms with E-state index in [0.29, 0.717) is 5.82 Å². The third-order valence-corrected chi connectivity index (χ3v) is 5.13. The molecule has 140 valence electrons. The number of carboxylic acids is 1. The molecule has 2 heterocycles. The summed E-state index contributed by atoms with van der Waals surface area (Å²) >= 11 is 1.53. The predicted octanol–water partition coefficient (Wildman–Crippen LogP) is 3.87. The zero-order valence-electron chi connectivity index (χ0n) is 14.8. The smallest absolute Gasteiger partial charge is 0.415 e. The molecule has 1 aromatic carbocycles. The van der Waals surface area contributed by atoms with Crippen molar-refractivity contribution in [2.45, 2.75) is 26.4 Å². The number of ether oxygens (including phenoxy) is 1. The van der Waals surface area contributed by atoms with E-state index in [-0.39, 0.29) is 19.6 Å². The van der Waals surface area contributed by atoms with Crippen LogP contribution < -0.4 is 4.90 Å². The van der Waals surface area contributed by atoms with Crippen LogP contribution in [0.1, 0.15) is 23.8 Å². The minimum Gasteiger partial charge on any atom is -0.481 e. The molecule has 7 nitrogen and oxygen atoms in total. The van der Waals surface area contributed by atoms with Crippen LogP contribution in [0.4, 0.5) is 10.6 Å². The largest absolute Gasteiger partial charge is 0.481 e. The molecule has 3 rings (SSSR count). The molecule has 27 heavy (non-hydrogen) atoms. The second kappa shape index (κ2) is 8.59. The summed E-state index contributed by atoms with van der Waals surface area (Å²) < 4.78 is 5.40. The molecule has 0 saturated carbocycles. The van der Waals surface area contributed by atoms with E-state index in [0.717, 1.165) is 27.1 Å². The highest BCUT2D eigenvalue weighted by atomic mass is 32.1. The summed E-state index contributed by atoms with van der Waals surface area (Å²) in [7, 11) is 0. The number of hydrogen-bond donors (Lipinski definition) is 1. The molecule has 0 atom stereocenters. The number of rotatable bonds is 7. The van der Waals surface area contributed by atoms with Gasteiger partial charge in [0.15, 0.2) is 0 Å². The summed E-state index contributed by atoms with van der Waals surface area (Å²) in [5.74, 6) is -0.629. The first-order chi connectivity index (χ1) is 13.1. The Bertz CT molecular complexity index is 943. The number of fused-ring (bicyclic) bond motifs is 1. The number of benzene rings is 1. The van der Waals surface area contributed by atoms with Crippen molar-refractivity contribution < 1.29 is 19.4 Å². The maximum Gasteiger partial charge on any atom is 0.415 e. The quantitative estimate of drug-likeness (QED) is 0.664. The third kappa shape index (κ3) is 4.59. The van der Waals surface area contributed by atoms with Crippen molar-refractivity contribution in [1.82, 2.24) is 9.97 Å². The normalized spacial score (nSPS) is 10.7. The molecule has 0 aliphatic carbocycles. The molecule has 0 aliphatic heterocycles. The lowest BCUT2D eigenvalue weighted by Gasteiger charge is -2.21.